The molecule has 1 rings (SSSR count). The maximum Gasteiger partial charge on any atom is 0.144 e. The molecule has 114 valence electrons. The molecule has 0 fully saturated rings. The van der Waals surface area contributed by atoms with Gasteiger partial charge in [-0.15, -0.1) is 0 Å². The van der Waals surface area contributed by atoms with Crippen molar-refractivity contribution in [3.63, 3.8) is 0 Å². The molecule has 0 spiro atoms. The smallest absolute Gasteiger partial charge is 0.144 e. The van der Waals surface area contributed by atoms with Crippen molar-refractivity contribution in [2.24, 2.45) is 0 Å². The fourth-order valence-electron chi connectivity index (χ4n) is 2.47. The van der Waals surface area contributed by atoms with E-state index in [4.69, 9.17) is 10.5 Å². The average molecular weight is 279 g/mol. The molecular weight excluding hydrogens is 250 g/mol. The van der Waals surface area contributed by atoms with Crippen molar-refractivity contribution in [2.45, 2.75) is 33.2 Å². The summed E-state index contributed by atoms with van der Waals surface area (Å²) in [5, 5.41) is 0. The third kappa shape index (κ3) is 4.30. The highest BCUT2D eigenvalue weighted by Crippen LogP contribution is 2.33. The minimum Gasteiger partial charge on any atom is -0.491 e. The first kappa shape index (κ1) is 16.6. The number of hydrogen-bond acceptors (Lipinski definition) is 4. The van der Waals surface area contributed by atoms with E-state index in [2.05, 4.69) is 50.7 Å². The standard InChI is InChI=1S/C16H29N3O/c1-6-11-20-15-10-8-9-14(16(15)17)19(7-2)13(3)12-18(4)5/h8-10,13H,6-7,11-12,17H2,1-5H3. The number of hydrogen-bond donors (Lipinski definition) is 1. The number of nitrogens with two attached hydrogens (primary N) is 1. The fraction of sp³-hybridized carbons (Fsp3) is 0.625. The number of nitrogen functional groups attached to an aromatic ring is 1. The molecule has 0 amide bonds. The highest BCUT2D eigenvalue weighted by molar-refractivity contribution is 5.74. The number of nitrogens with zero attached hydrogens (tertiary/aromatic N) is 2. The van der Waals surface area contributed by atoms with E-state index >= 15 is 0 Å². The molecule has 0 aromatic heterocycles. The molecule has 2 N–H and O–H groups in total. The van der Waals surface area contributed by atoms with Crippen molar-refractivity contribution in [1.29, 1.82) is 0 Å². The number of ether oxygens (including phenoxy) is 1. The van der Waals surface area contributed by atoms with Crippen LogP contribution in [0, 0.1) is 0 Å². The lowest BCUT2D eigenvalue weighted by Gasteiger charge is -2.33. The molecule has 4 heteroatoms. The van der Waals surface area contributed by atoms with Crippen LogP contribution in [0.3, 0.4) is 0 Å². The van der Waals surface area contributed by atoms with E-state index in [9.17, 15) is 0 Å². The molecule has 1 aromatic carbocycles. The highest BCUT2D eigenvalue weighted by Gasteiger charge is 2.17. The van der Waals surface area contributed by atoms with Crippen molar-refractivity contribution in [1.82, 2.24) is 4.90 Å². The molecule has 0 aliphatic heterocycles. The first-order chi connectivity index (χ1) is 9.51. The predicted octanol–water partition coefficient (Wildman–Crippen LogP) is 2.83. The summed E-state index contributed by atoms with van der Waals surface area (Å²) in [4.78, 5) is 4.52. The van der Waals surface area contributed by atoms with Gasteiger partial charge >= 0.3 is 0 Å². The Balaban J connectivity index is 2.97. The number of likely N-dealkylation sites (N-methyl/N-ethyl adjacent to an activating group) is 2. The molecule has 1 atom stereocenters. The Morgan fingerprint density at radius 2 is 1.95 bits per heavy atom. The Hall–Kier alpha value is -1.42. The van der Waals surface area contributed by atoms with Gasteiger partial charge in [-0.3, -0.25) is 0 Å². The molecule has 0 saturated carbocycles. The normalized spacial score (nSPS) is 12.5. The molecule has 1 unspecified atom stereocenters. The van der Waals surface area contributed by atoms with Crippen LogP contribution in [0.2, 0.25) is 0 Å². The summed E-state index contributed by atoms with van der Waals surface area (Å²) in [5.41, 5.74) is 8.10. The van der Waals surface area contributed by atoms with E-state index in [1.165, 1.54) is 0 Å². The van der Waals surface area contributed by atoms with Crippen LogP contribution < -0.4 is 15.4 Å². The molecule has 20 heavy (non-hydrogen) atoms. The van der Waals surface area contributed by atoms with Crippen LogP contribution in [-0.4, -0.2) is 44.7 Å². The number of para-hydroxylation sites is 1. The molecule has 0 aliphatic carbocycles. The molecule has 0 heterocycles. The average Bonchev–Trinajstić information content (AvgIpc) is 2.39. The summed E-state index contributed by atoms with van der Waals surface area (Å²) < 4.78 is 5.72. The molecule has 0 bridgehead atoms. The van der Waals surface area contributed by atoms with Gasteiger partial charge in [-0.25, -0.2) is 0 Å². The summed E-state index contributed by atoms with van der Waals surface area (Å²) in [6.45, 7) is 9.10. The Morgan fingerprint density at radius 3 is 2.50 bits per heavy atom. The SMILES string of the molecule is CCCOc1cccc(N(CC)C(C)CN(C)C)c1N. The Kier molecular flexibility index (Phi) is 6.65. The number of rotatable bonds is 8. The summed E-state index contributed by atoms with van der Waals surface area (Å²) in [6, 6.07) is 6.43. The quantitative estimate of drug-likeness (QED) is 0.743. The van der Waals surface area contributed by atoms with Crippen LogP contribution in [0.25, 0.3) is 0 Å². The van der Waals surface area contributed by atoms with Crippen molar-refractivity contribution in [3.8, 4) is 5.75 Å². The second kappa shape index (κ2) is 8.00. The molecule has 1 aromatic rings. The topological polar surface area (TPSA) is 41.7 Å². The molecule has 0 aliphatic rings. The molecule has 4 nitrogen and oxygen atoms in total. The van der Waals surface area contributed by atoms with Gasteiger partial charge in [0.15, 0.2) is 0 Å². The van der Waals surface area contributed by atoms with Gasteiger partial charge in [-0.05, 0) is 46.5 Å². The van der Waals surface area contributed by atoms with Crippen molar-refractivity contribution < 1.29 is 4.74 Å². The first-order valence-corrected chi connectivity index (χ1v) is 7.43. The van der Waals surface area contributed by atoms with Gasteiger partial charge in [0, 0.05) is 19.1 Å². The second-order valence-electron chi connectivity index (χ2n) is 5.43. The maximum absolute atomic E-state index is 6.29. The van der Waals surface area contributed by atoms with Gasteiger partial charge < -0.3 is 20.3 Å². The van der Waals surface area contributed by atoms with Crippen molar-refractivity contribution in [2.75, 3.05) is 44.4 Å². The summed E-state index contributed by atoms with van der Waals surface area (Å²) in [7, 11) is 4.18. The molecular formula is C16H29N3O. The van der Waals surface area contributed by atoms with Crippen LogP contribution in [0.4, 0.5) is 11.4 Å². The Labute approximate surface area is 123 Å². The molecule has 0 saturated heterocycles. The van der Waals surface area contributed by atoms with E-state index < -0.39 is 0 Å². The van der Waals surface area contributed by atoms with Crippen LogP contribution in [0.1, 0.15) is 27.2 Å². The highest BCUT2D eigenvalue weighted by atomic mass is 16.5. The summed E-state index contributed by atoms with van der Waals surface area (Å²) in [5.74, 6) is 0.792. The zero-order valence-electron chi connectivity index (χ0n) is 13.5. The largest absolute Gasteiger partial charge is 0.491 e. The maximum atomic E-state index is 6.29. The fourth-order valence-corrected chi connectivity index (χ4v) is 2.47. The lowest BCUT2D eigenvalue weighted by Crippen LogP contribution is -2.40. The van der Waals surface area contributed by atoms with E-state index in [0.29, 0.717) is 12.6 Å². The minimum atomic E-state index is 0.402. The van der Waals surface area contributed by atoms with Crippen LogP contribution in [0.5, 0.6) is 5.75 Å². The lowest BCUT2D eigenvalue weighted by molar-refractivity contribution is 0.319. The summed E-state index contributed by atoms with van der Waals surface area (Å²) >= 11 is 0. The van der Waals surface area contributed by atoms with E-state index in [-0.39, 0.29) is 0 Å². The van der Waals surface area contributed by atoms with Gasteiger partial charge in [0.25, 0.3) is 0 Å². The van der Waals surface area contributed by atoms with E-state index in [0.717, 1.165) is 36.6 Å². The second-order valence-corrected chi connectivity index (χ2v) is 5.43. The van der Waals surface area contributed by atoms with Gasteiger partial charge in [-0.2, -0.15) is 0 Å². The predicted molar refractivity (Wildman–Crippen MR) is 87.7 cm³/mol. The minimum absolute atomic E-state index is 0.402. The van der Waals surface area contributed by atoms with Gasteiger partial charge in [0.2, 0.25) is 0 Å². The third-order valence-corrected chi connectivity index (χ3v) is 3.32. The number of benzene rings is 1. The van der Waals surface area contributed by atoms with Gasteiger partial charge in [-0.1, -0.05) is 13.0 Å². The zero-order chi connectivity index (χ0) is 15.1. The van der Waals surface area contributed by atoms with Crippen molar-refractivity contribution in [3.05, 3.63) is 18.2 Å². The van der Waals surface area contributed by atoms with Crippen LogP contribution >= 0.6 is 0 Å². The first-order valence-electron chi connectivity index (χ1n) is 7.43. The van der Waals surface area contributed by atoms with E-state index in [1.54, 1.807) is 0 Å². The summed E-state index contributed by atoms with van der Waals surface area (Å²) in [6.07, 6.45) is 0.984. The number of anilines is 2. The Bertz CT molecular complexity index is 407. The Morgan fingerprint density at radius 1 is 1.25 bits per heavy atom. The van der Waals surface area contributed by atoms with Crippen LogP contribution in [-0.2, 0) is 0 Å². The molecule has 0 radical (unpaired) electrons. The van der Waals surface area contributed by atoms with Gasteiger partial charge in [0.1, 0.15) is 5.75 Å². The van der Waals surface area contributed by atoms with Gasteiger partial charge in [0.05, 0.1) is 18.0 Å². The monoisotopic (exact) mass is 279 g/mol. The lowest BCUT2D eigenvalue weighted by atomic mass is 10.1. The zero-order valence-corrected chi connectivity index (χ0v) is 13.5. The van der Waals surface area contributed by atoms with Crippen molar-refractivity contribution >= 4 is 11.4 Å². The van der Waals surface area contributed by atoms with E-state index in [1.807, 2.05) is 12.1 Å². The third-order valence-electron chi connectivity index (χ3n) is 3.32. The van der Waals surface area contributed by atoms with Crippen LogP contribution in [0.15, 0.2) is 18.2 Å².